The van der Waals surface area contributed by atoms with Gasteiger partial charge in [0.1, 0.15) is 0 Å². The van der Waals surface area contributed by atoms with Crippen LogP contribution in [0.15, 0.2) is 29.3 Å². The number of rotatable bonds is 10. The quantitative estimate of drug-likeness (QED) is 0.367. The molecule has 0 unspecified atom stereocenters. The Morgan fingerprint density at radius 1 is 1.11 bits per heavy atom. The van der Waals surface area contributed by atoms with Crippen molar-refractivity contribution in [3.8, 4) is 0 Å². The van der Waals surface area contributed by atoms with Crippen molar-refractivity contribution in [1.29, 1.82) is 0 Å². The second-order valence-electron chi connectivity index (χ2n) is 7.12. The van der Waals surface area contributed by atoms with E-state index in [1.807, 2.05) is 11.8 Å². The zero-order valence-corrected chi connectivity index (χ0v) is 17.5. The highest BCUT2D eigenvalue weighted by atomic mass is 16.5. The maximum absolute atomic E-state index is 12.0. The lowest BCUT2D eigenvalue weighted by Gasteiger charge is -2.20. The van der Waals surface area contributed by atoms with Crippen LogP contribution in [-0.4, -0.2) is 49.6 Å². The number of amides is 1. The standard InChI is InChI=1S/C22H36N4O2/c1-3-23-22(24-14-8-16-26-15-7-5-6-9-21(26)27)25-17-19-10-12-20(13-11-19)18-28-4-2/h10-13H,3-9,14-18H2,1-2H3,(H2,23,24,25). The van der Waals surface area contributed by atoms with E-state index in [0.717, 1.165) is 58.0 Å². The minimum atomic E-state index is 0.311. The van der Waals surface area contributed by atoms with Crippen LogP contribution >= 0.6 is 0 Å². The van der Waals surface area contributed by atoms with Gasteiger partial charge in [0.25, 0.3) is 0 Å². The highest BCUT2D eigenvalue weighted by Gasteiger charge is 2.15. The number of carbonyl (C=O) groups is 1. The van der Waals surface area contributed by atoms with E-state index in [0.29, 0.717) is 25.5 Å². The molecule has 0 bridgehead atoms. The SMILES string of the molecule is CCNC(=NCc1ccc(COCC)cc1)NCCCN1CCCCCC1=O. The first kappa shape index (κ1) is 22.2. The molecule has 0 atom stereocenters. The lowest BCUT2D eigenvalue weighted by atomic mass is 10.1. The van der Waals surface area contributed by atoms with Crippen molar-refractivity contribution in [2.24, 2.45) is 4.99 Å². The van der Waals surface area contributed by atoms with Gasteiger partial charge in [-0.3, -0.25) is 4.79 Å². The van der Waals surface area contributed by atoms with Gasteiger partial charge in [-0.05, 0) is 44.2 Å². The predicted octanol–water partition coefficient (Wildman–Crippen LogP) is 3.07. The zero-order valence-electron chi connectivity index (χ0n) is 17.5. The smallest absolute Gasteiger partial charge is 0.222 e. The largest absolute Gasteiger partial charge is 0.377 e. The van der Waals surface area contributed by atoms with Gasteiger partial charge >= 0.3 is 0 Å². The van der Waals surface area contributed by atoms with Crippen molar-refractivity contribution < 1.29 is 9.53 Å². The number of hydrogen-bond donors (Lipinski definition) is 2. The summed E-state index contributed by atoms with van der Waals surface area (Å²) in [6.07, 6.45) is 4.98. The van der Waals surface area contributed by atoms with Gasteiger partial charge in [-0.1, -0.05) is 30.7 Å². The summed E-state index contributed by atoms with van der Waals surface area (Å²) < 4.78 is 5.43. The minimum Gasteiger partial charge on any atom is -0.377 e. The highest BCUT2D eigenvalue weighted by Crippen LogP contribution is 2.11. The van der Waals surface area contributed by atoms with Crippen LogP contribution in [0.2, 0.25) is 0 Å². The number of ether oxygens (including phenoxy) is 1. The van der Waals surface area contributed by atoms with Crippen molar-refractivity contribution in [3.05, 3.63) is 35.4 Å². The second kappa shape index (κ2) is 13.2. The molecule has 1 saturated heterocycles. The molecule has 6 nitrogen and oxygen atoms in total. The Balaban J connectivity index is 1.75. The highest BCUT2D eigenvalue weighted by molar-refractivity contribution is 5.79. The van der Waals surface area contributed by atoms with Crippen molar-refractivity contribution >= 4 is 11.9 Å². The summed E-state index contributed by atoms with van der Waals surface area (Å²) in [6.45, 7) is 9.46. The van der Waals surface area contributed by atoms with E-state index in [4.69, 9.17) is 4.74 Å². The van der Waals surface area contributed by atoms with Crippen LogP contribution in [0.5, 0.6) is 0 Å². The molecule has 0 radical (unpaired) electrons. The third-order valence-electron chi connectivity index (χ3n) is 4.83. The summed E-state index contributed by atoms with van der Waals surface area (Å²) in [5, 5.41) is 6.67. The summed E-state index contributed by atoms with van der Waals surface area (Å²) in [4.78, 5) is 18.7. The normalized spacial score (nSPS) is 15.4. The number of hydrogen-bond acceptors (Lipinski definition) is 3. The Kier molecular flexibility index (Phi) is 10.4. The van der Waals surface area contributed by atoms with Gasteiger partial charge in [0.05, 0.1) is 13.2 Å². The van der Waals surface area contributed by atoms with Crippen molar-refractivity contribution in [2.75, 3.05) is 32.8 Å². The Hall–Kier alpha value is -2.08. The Bertz CT molecular complexity index is 601. The van der Waals surface area contributed by atoms with Crippen LogP contribution in [0, 0.1) is 0 Å². The Morgan fingerprint density at radius 2 is 1.89 bits per heavy atom. The van der Waals surface area contributed by atoms with Crippen LogP contribution in [0.25, 0.3) is 0 Å². The number of benzene rings is 1. The monoisotopic (exact) mass is 388 g/mol. The molecule has 1 amide bonds. The number of guanidine groups is 1. The Labute approximate surface area is 169 Å². The van der Waals surface area contributed by atoms with Crippen LogP contribution in [-0.2, 0) is 22.7 Å². The van der Waals surface area contributed by atoms with E-state index in [1.54, 1.807) is 0 Å². The lowest BCUT2D eigenvalue weighted by molar-refractivity contribution is -0.130. The molecule has 28 heavy (non-hydrogen) atoms. The number of aliphatic imine (C=N–C) groups is 1. The van der Waals surface area contributed by atoms with Gasteiger partial charge < -0.3 is 20.3 Å². The second-order valence-corrected chi connectivity index (χ2v) is 7.12. The molecule has 0 spiro atoms. The molecular weight excluding hydrogens is 352 g/mol. The van der Waals surface area contributed by atoms with E-state index in [-0.39, 0.29) is 0 Å². The molecule has 2 rings (SSSR count). The minimum absolute atomic E-state index is 0.311. The molecule has 0 saturated carbocycles. The molecule has 2 N–H and O–H groups in total. The molecule has 1 heterocycles. The Morgan fingerprint density at radius 3 is 2.64 bits per heavy atom. The van der Waals surface area contributed by atoms with E-state index < -0.39 is 0 Å². The van der Waals surface area contributed by atoms with E-state index >= 15 is 0 Å². The van der Waals surface area contributed by atoms with Gasteiger partial charge in [0, 0.05) is 39.2 Å². The summed E-state index contributed by atoms with van der Waals surface area (Å²) >= 11 is 0. The summed E-state index contributed by atoms with van der Waals surface area (Å²) in [7, 11) is 0. The van der Waals surface area contributed by atoms with Crippen LogP contribution in [0.3, 0.4) is 0 Å². The molecule has 6 heteroatoms. The molecular formula is C22H36N4O2. The maximum atomic E-state index is 12.0. The average Bonchev–Trinajstić information content (AvgIpc) is 2.92. The van der Waals surface area contributed by atoms with Crippen LogP contribution in [0.1, 0.15) is 57.1 Å². The number of nitrogens with one attached hydrogen (secondary N) is 2. The average molecular weight is 389 g/mol. The third-order valence-corrected chi connectivity index (χ3v) is 4.83. The van der Waals surface area contributed by atoms with Crippen LogP contribution in [0.4, 0.5) is 0 Å². The van der Waals surface area contributed by atoms with Crippen molar-refractivity contribution in [3.63, 3.8) is 0 Å². The zero-order chi connectivity index (χ0) is 20.0. The van der Waals surface area contributed by atoms with E-state index in [2.05, 4.69) is 46.8 Å². The van der Waals surface area contributed by atoms with Gasteiger partial charge in [-0.15, -0.1) is 0 Å². The van der Waals surface area contributed by atoms with Gasteiger partial charge in [-0.25, -0.2) is 4.99 Å². The van der Waals surface area contributed by atoms with Crippen molar-refractivity contribution in [2.45, 2.75) is 59.1 Å². The van der Waals surface area contributed by atoms with Crippen LogP contribution < -0.4 is 10.6 Å². The summed E-state index contributed by atoms with van der Waals surface area (Å²) in [6, 6.07) is 8.40. The fourth-order valence-corrected chi connectivity index (χ4v) is 3.22. The first-order valence-electron chi connectivity index (χ1n) is 10.7. The van der Waals surface area contributed by atoms with E-state index in [9.17, 15) is 4.79 Å². The fraction of sp³-hybridized carbons (Fsp3) is 0.636. The van der Waals surface area contributed by atoms with Gasteiger partial charge in [0.15, 0.2) is 5.96 Å². The number of nitrogens with zero attached hydrogens (tertiary/aromatic N) is 2. The topological polar surface area (TPSA) is 66.0 Å². The predicted molar refractivity (Wildman–Crippen MR) is 114 cm³/mol. The number of carbonyl (C=O) groups excluding carboxylic acids is 1. The van der Waals surface area contributed by atoms with Gasteiger partial charge in [-0.2, -0.15) is 0 Å². The van der Waals surface area contributed by atoms with E-state index in [1.165, 1.54) is 17.5 Å². The molecule has 0 aromatic heterocycles. The molecule has 1 aromatic carbocycles. The third kappa shape index (κ3) is 8.30. The number of likely N-dealkylation sites (tertiary alicyclic amines) is 1. The summed E-state index contributed by atoms with van der Waals surface area (Å²) in [5.74, 6) is 1.13. The fourth-order valence-electron chi connectivity index (χ4n) is 3.22. The maximum Gasteiger partial charge on any atom is 0.222 e. The molecule has 1 aliphatic rings. The first-order chi connectivity index (χ1) is 13.7. The lowest BCUT2D eigenvalue weighted by Crippen LogP contribution is -2.39. The first-order valence-corrected chi connectivity index (χ1v) is 10.7. The molecule has 0 aliphatic carbocycles. The molecule has 1 aromatic rings. The molecule has 156 valence electrons. The summed E-state index contributed by atoms with van der Waals surface area (Å²) in [5.41, 5.74) is 2.36. The molecule has 1 fully saturated rings. The van der Waals surface area contributed by atoms with Gasteiger partial charge in [0.2, 0.25) is 5.91 Å². The van der Waals surface area contributed by atoms with Crippen molar-refractivity contribution in [1.82, 2.24) is 15.5 Å². The molecule has 1 aliphatic heterocycles.